The Morgan fingerprint density at radius 1 is 1.03 bits per heavy atom. The number of aryl methyl sites for hydroxylation is 2. The second-order valence-electron chi connectivity index (χ2n) is 9.26. The summed E-state index contributed by atoms with van der Waals surface area (Å²) < 4.78 is 6.27. The number of aromatic nitrogens is 1. The number of hydrogen-bond donors (Lipinski definition) is 1. The highest BCUT2D eigenvalue weighted by Crippen LogP contribution is 2.36. The molecule has 1 heterocycles. The standard InChI is InChI=1S/C28H37N5OS/c1-5-32(6-2)22-12-14-23(15-13-22)33(29)19-30-28-31-25(18-35-28)24-9-7-8-10-27(24)34-26-16-11-20(3)17-21(26)4/h7-11,16-19,22-23H,5-6,12-15,29H2,1-4H3. The van der Waals surface area contributed by atoms with Crippen molar-refractivity contribution in [1.82, 2.24) is 14.9 Å². The lowest BCUT2D eigenvalue weighted by Gasteiger charge is -2.38. The van der Waals surface area contributed by atoms with Gasteiger partial charge in [-0.1, -0.05) is 43.7 Å². The fourth-order valence-electron chi connectivity index (χ4n) is 4.92. The largest absolute Gasteiger partial charge is 0.456 e. The zero-order valence-corrected chi connectivity index (χ0v) is 22.1. The molecule has 0 radical (unpaired) electrons. The summed E-state index contributed by atoms with van der Waals surface area (Å²) in [6.45, 7) is 10.9. The molecule has 3 aromatic rings. The number of aliphatic imine (C=N–C) groups is 1. The summed E-state index contributed by atoms with van der Waals surface area (Å²) in [7, 11) is 0. The normalized spacial score (nSPS) is 18.3. The lowest BCUT2D eigenvalue weighted by Crippen LogP contribution is -2.46. The van der Waals surface area contributed by atoms with E-state index in [1.807, 2.05) is 35.7 Å². The van der Waals surface area contributed by atoms with Crippen LogP contribution in [-0.2, 0) is 0 Å². The van der Waals surface area contributed by atoms with E-state index < -0.39 is 0 Å². The lowest BCUT2D eigenvalue weighted by atomic mass is 9.90. The van der Waals surface area contributed by atoms with E-state index in [0.717, 1.165) is 54.3 Å². The van der Waals surface area contributed by atoms with E-state index in [9.17, 15) is 0 Å². The average molecular weight is 492 g/mol. The quantitative estimate of drug-likeness (QED) is 0.156. The number of para-hydroxylation sites is 1. The Labute approximate surface area is 213 Å². The van der Waals surface area contributed by atoms with E-state index in [-0.39, 0.29) is 0 Å². The minimum atomic E-state index is 0.330. The molecule has 0 spiro atoms. The van der Waals surface area contributed by atoms with Gasteiger partial charge in [0, 0.05) is 23.0 Å². The van der Waals surface area contributed by atoms with Crippen molar-refractivity contribution in [2.75, 3.05) is 13.1 Å². The van der Waals surface area contributed by atoms with Gasteiger partial charge >= 0.3 is 0 Å². The minimum absolute atomic E-state index is 0.330. The molecule has 0 saturated heterocycles. The number of nitrogens with two attached hydrogens (primary N) is 1. The first-order chi connectivity index (χ1) is 17.0. The van der Waals surface area contributed by atoms with Gasteiger partial charge in [-0.2, -0.15) is 0 Å². The molecule has 0 bridgehead atoms. The smallest absolute Gasteiger partial charge is 0.211 e. The van der Waals surface area contributed by atoms with E-state index >= 15 is 0 Å². The van der Waals surface area contributed by atoms with Crippen molar-refractivity contribution >= 4 is 22.8 Å². The second-order valence-corrected chi connectivity index (χ2v) is 10.1. The third-order valence-electron chi connectivity index (χ3n) is 6.92. The molecule has 1 aliphatic carbocycles. The number of hydrogen-bond acceptors (Lipinski definition) is 6. The Balaban J connectivity index is 1.41. The topological polar surface area (TPSA) is 67.0 Å². The van der Waals surface area contributed by atoms with Gasteiger partial charge in [-0.25, -0.2) is 15.8 Å². The number of rotatable bonds is 9. The zero-order chi connectivity index (χ0) is 24.8. The minimum Gasteiger partial charge on any atom is -0.456 e. The number of hydrazine groups is 1. The van der Waals surface area contributed by atoms with Crippen molar-refractivity contribution in [3.05, 3.63) is 59.0 Å². The molecule has 186 valence electrons. The summed E-state index contributed by atoms with van der Waals surface area (Å²) in [4.78, 5) is 11.9. The third-order valence-corrected chi connectivity index (χ3v) is 7.67. The monoisotopic (exact) mass is 491 g/mol. The first-order valence-corrected chi connectivity index (χ1v) is 13.5. The van der Waals surface area contributed by atoms with Gasteiger partial charge in [0.05, 0.1) is 5.69 Å². The molecule has 2 aromatic carbocycles. The van der Waals surface area contributed by atoms with Crippen molar-refractivity contribution in [2.24, 2.45) is 10.8 Å². The van der Waals surface area contributed by atoms with Gasteiger partial charge in [-0.15, -0.1) is 11.3 Å². The van der Waals surface area contributed by atoms with Crippen LogP contribution in [-0.4, -0.2) is 46.4 Å². The SMILES string of the molecule is CCN(CC)C1CCC(N(N)C=Nc2nc(-c3ccccc3Oc3ccc(C)cc3C)cs2)CC1. The third kappa shape index (κ3) is 6.28. The van der Waals surface area contributed by atoms with Crippen molar-refractivity contribution < 1.29 is 4.74 Å². The molecule has 4 rings (SSSR count). The summed E-state index contributed by atoms with van der Waals surface area (Å²) in [5.41, 5.74) is 4.13. The van der Waals surface area contributed by atoms with Crippen LogP contribution in [0.3, 0.4) is 0 Å². The van der Waals surface area contributed by atoms with E-state index in [0.29, 0.717) is 17.2 Å². The predicted octanol–water partition coefficient (Wildman–Crippen LogP) is 6.71. The van der Waals surface area contributed by atoms with E-state index in [1.54, 1.807) is 11.3 Å². The van der Waals surface area contributed by atoms with Crippen LogP contribution in [0.2, 0.25) is 0 Å². The molecule has 0 aliphatic heterocycles. The zero-order valence-electron chi connectivity index (χ0n) is 21.3. The Kier molecular flexibility index (Phi) is 8.55. The molecular weight excluding hydrogens is 454 g/mol. The number of thiazole rings is 1. The average Bonchev–Trinajstić information content (AvgIpc) is 3.35. The Hall–Kier alpha value is -2.74. The van der Waals surface area contributed by atoms with Crippen LogP contribution in [0.4, 0.5) is 5.13 Å². The first kappa shape index (κ1) is 25.4. The molecule has 0 amide bonds. The molecule has 1 saturated carbocycles. The molecule has 6 nitrogen and oxygen atoms in total. The molecule has 1 aromatic heterocycles. The Bertz CT molecular complexity index is 1130. The lowest BCUT2D eigenvalue weighted by molar-refractivity contribution is 0.134. The first-order valence-electron chi connectivity index (χ1n) is 12.6. The molecule has 0 atom stereocenters. The van der Waals surface area contributed by atoms with Gasteiger partial charge in [0.25, 0.3) is 0 Å². The molecule has 0 unspecified atom stereocenters. The predicted molar refractivity (Wildman–Crippen MR) is 147 cm³/mol. The summed E-state index contributed by atoms with van der Waals surface area (Å²) in [6, 6.07) is 15.2. The summed E-state index contributed by atoms with van der Waals surface area (Å²) >= 11 is 1.51. The maximum Gasteiger partial charge on any atom is 0.211 e. The number of ether oxygens (including phenoxy) is 1. The highest BCUT2D eigenvalue weighted by molar-refractivity contribution is 7.13. The number of nitrogens with zero attached hydrogens (tertiary/aromatic N) is 4. The van der Waals surface area contributed by atoms with Gasteiger partial charge in [0.2, 0.25) is 5.13 Å². The van der Waals surface area contributed by atoms with Gasteiger partial charge < -0.3 is 9.64 Å². The van der Waals surface area contributed by atoms with Crippen molar-refractivity contribution in [1.29, 1.82) is 0 Å². The van der Waals surface area contributed by atoms with Gasteiger partial charge in [0.15, 0.2) is 0 Å². The Morgan fingerprint density at radius 2 is 1.74 bits per heavy atom. The van der Waals surface area contributed by atoms with E-state index in [4.69, 9.17) is 15.6 Å². The molecule has 2 N–H and O–H groups in total. The van der Waals surface area contributed by atoms with Gasteiger partial charge in [0.1, 0.15) is 17.8 Å². The van der Waals surface area contributed by atoms with E-state index in [2.05, 4.69) is 49.7 Å². The summed E-state index contributed by atoms with van der Waals surface area (Å²) in [6.07, 6.45) is 6.30. The Morgan fingerprint density at radius 3 is 2.46 bits per heavy atom. The molecule has 1 aliphatic rings. The highest BCUT2D eigenvalue weighted by Gasteiger charge is 2.26. The van der Waals surface area contributed by atoms with Crippen LogP contribution < -0.4 is 10.6 Å². The number of benzene rings is 2. The van der Waals surface area contributed by atoms with Crippen molar-refractivity contribution in [3.63, 3.8) is 0 Å². The fraction of sp³-hybridized carbons (Fsp3) is 0.429. The molecule has 35 heavy (non-hydrogen) atoms. The van der Waals surface area contributed by atoms with Crippen LogP contribution >= 0.6 is 11.3 Å². The van der Waals surface area contributed by atoms with Gasteiger partial charge in [-0.05, 0) is 76.4 Å². The van der Waals surface area contributed by atoms with Crippen LogP contribution in [0, 0.1) is 13.8 Å². The van der Waals surface area contributed by atoms with Crippen LogP contribution in [0.5, 0.6) is 11.5 Å². The second kappa shape index (κ2) is 11.8. The van der Waals surface area contributed by atoms with Gasteiger partial charge in [-0.3, -0.25) is 5.01 Å². The van der Waals surface area contributed by atoms with E-state index in [1.165, 1.54) is 29.7 Å². The fourth-order valence-corrected chi connectivity index (χ4v) is 5.57. The van der Waals surface area contributed by atoms with Crippen LogP contribution in [0.1, 0.15) is 50.7 Å². The van der Waals surface area contributed by atoms with Crippen molar-refractivity contribution in [3.8, 4) is 22.8 Å². The maximum absolute atomic E-state index is 6.36. The highest BCUT2D eigenvalue weighted by atomic mass is 32.1. The molecular formula is C28H37N5OS. The van der Waals surface area contributed by atoms with Crippen molar-refractivity contribution in [2.45, 2.75) is 65.5 Å². The summed E-state index contributed by atoms with van der Waals surface area (Å²) in [5, 5.41) is 4.48. The maximum atomic E-state index is 6.36. The summed E-state index contributed by atoms with van der Waals surface area (Å²) in [5.74, 6) is 8.00. The van der Waals surface area contributed by atoms with Crippen LogP contribution in [0.25, 0.3) is 11.3 Å². The van der Waals surface area contributed by atoms with Crippen LogP contribution in [0.15, 0.2) is 52.8 Å². The molecule has 7 heteroatoms. The molecule has 1 fully saturated rings.